The molecule has 6 nitrogen and oxygen atoms in total. The van der Waals surface area contributed by atoms with Crippen LogP contribution in [0.2, 0.25) is 0 Å². The molecule has 0 saturated heterocycles. The first kappa shape index (κ1) is 17.2. The van der Waals surface area contributed by atoms with Crippen molar-refractivity contribution in [3.05, 3.63) is 72.1 Å². The number of hydrogen-bond donors (Lipinski definition) is 2. The molecule has 6 heteroatoms. The second kappa shape index (κ2) is 8.47. The molecule has 0 unspecified atom stereocenters. The van der Waals surface area contributed by atoms with E-state index in [1.807, 2.05) is 24.3 Å². The number of nitrogens with zero attached hydrogens (tertiary/aromatic N) is 1. The highest BCUT2D eigenvalue weighted by atomic mass is 16.5. The van der Waals surface area contributed by atoms with Crippen molar-refractivity contribution in [2.24, 2.45) is 0 Å². The lowest BCUT2D eigenvalue weighted by molar-refractivity contribution is 0.0951. The monoisotopic (exact) mass is 325 g/mol. The lowest BCUT2D eigenvalue weighted by atomic mass is 10.2. The van der Waals surface area contributed by atoms with Crippen LogP contribution in [-0.2, 0) is 6.54 Å². The van der Waals surface area contributed by atoms with Crippen LogP contribution in [0.1, 0.15) is 26.4 Å². The summed E-state index contributed by atoms with van der Waals surface area (Å²) in [6.07, 6.45) is 3.01. The third-order valence-corrected chi connectivity index (χ3v) is 3.27. The van der Waals surface area contributed by atoms with Crippen molar-refractivity contribution in [3.8, 4) is 5.75 Å². The Morgan fingerprint density at radius 3 is 2.58 bits per heavy atom. The number of hydrogen-bond acceptors (Lipinski definition) is 4. The lowest BCUT2D eigenvalue weighted by Crippen LogP contribution is -2.26. The van der Waals surface area contributed by atoms with Crippen LogP contribution < -0.4 is 15.4 Å². The molecule has 2 amide bonds. The van der Waals surface area contributed by atoms with Gasteiger partial charge in [0.15, 0.2) is 0 Å². The molecule has 1 aromatic heterocycles. The summed E-state index contributed by atoms with van der Waals surface area (Å²) in [6, 6.07) is 10.4. The summed E-state index contributed by atoms with van der Waals surface area (Å²) in [7, 11) is 1.60. The number of rotatable bonds is 7. The molecule has 0 saturated carbocycles. The molecule has 0 fully saturated rings. The summed E-state index contributed by atoms with van der Waals surface area (Å²) in [5.74, 6) is 0.139. The number of amides is 2. The first-order valence-electron chi connectivity index (χ1n) is 7.40. The molecule has 0 radical (unpaired) electrons. The second-order valence-corrected chi connectivity index (χ2v) is 4.96. The fraction of sp³-hybridized carbons (Fsp3) is 0.167. The topological polar surface area (TPSA) is 80.3 Å². The Morgan fingerprint density at radius 2 is 1.92 bits per heavy atom. The minimum absolute atomic E-state index is 0.189. The van der Waals surface area contributed by atoms with Crippen molar-refractivity contribution in [3.63, 3.8) is 0 Å². The van der Waals surface area contributed by atoms with E-state index in [2.05, 4.69) is 22.2 Å². The molecule has 0 atom stereocenters. The number of methoxy groups -OCH3 is 1. The molecule has 0 aliphatic carbocycles. The minimum atomic E-state index is -0.347. The van der Waals surface area contributed by atoms with Gasteiger partial charge in [-0.05, 0) is 29.8 Å². The van der Waals surface area contributed by atoms with Gasteiger partial charge in [0.1, 0.15) is 11.4 Å². The predicted molar refractivity (Wildman–Crippen MR) is 90.9 cm³/mol. The van der Waals surface area contributed by atoms with Gasteiger partial charge in [-0.3, -0.25) is 14.6 Å². The van der Waals surface area contributed by atoms with E-state index in [1.165, 1.54) is 12.3 Å². The highest BCUT2D eigenvalue weighted by Gasteiger charge is 2.11. The van der Waals surface area contributed by atoms with Gasteiger partial charge >= 0.3 is 0 Å². The molecule has 2 N–H and O–H groups in total. The summed E-state index contributed by atoms with van der Waals surface area (Å²) in [4.78, 5) is 28.0. The SMILES string of the molecule is C=CCNC(=O)c1cc(C(=O)NCc2ccc(OC)cc2)ccn1. The van der Waals surface area contributed by atoms with Gasteiger partial charge < -0.3 is 15.4 Å². The first-order valence-corrected chi connectivity index (χ1v) is 7.40. The van der Waals surface area contributed by atoms with E-state index in [9.17, 15) is 9.59 Å². The summed E-state index contributed by atoms with van der Waals surface area (Å²) in [5.41, 5.74) is 1.51. The Hall–Kier alpha value is -3.15. The first-order chi connectivity index (χ1) is 11.6. The van der Waals surface area contributed by atoms with Gasteiger partial charge in [-0.2, -0.15) is 0 Å². The van der Waals surface area contributed by atoms with Crippen LogP contribution in [0, 0.1) is 0 Å². The van der Waals surface area contributed by atoms with Crippen LogP contribution in [0.5, 0.6) is 5.75 Å². The lowest BCUT2D eigenvalue weighted by Gasteiger charge is -2.07. The third-order valence-electron chi connectivity index (χ3n) is 3.27. The molecule has 2 rings (SSSR count). The normalized spacial score (nSPS) is 9.88. The zero-order chi connectivity index (χ0) is 17.4. The zero-order valence-electron chi connectivity index (χ0n) is 13.4. The zero-order valence-corrected chi connectivity index (χ0v) is 13.4. The minimum Gasteiger partial charge on any atom is -0.497 e. The van der Waals surface area contributed by atoms with E-state index in [0.717, 1.165) is 11.3 Å². The Balaban J connectivity index is 1.98. The van der Waals surface area contributed by atoms with Crippen LogP contribution in [0.15, 0.2) is 55.3 Å². The second-order valence-electron chi connectivity index (χ2n) is 4.96. The third kappa shape index (κ3) is 4.67. The quantitative estimate of drug-likeness (QED) is 0.762. The number of benzene rings is 1. The van der Waals surface area contributed by atoms with Crippen LogP contribution in [0.4, 0.5) is 0 Å². The Morgan fingerprint density at radius 1 is 1.17 bits per heavy atom. The van der Waals surface area contributed by atoms with Gasteiger partial charge in [-0.1, -0.05) is 18.2 Å². The van der Waals surface area contributed by atoms with E-state index in [0.29, 0.717) is 18.7 Å². The van der Waals surface area contributed by atoms with E-state index >= 15 is 0 Å². The molecule has 0 spiro atoms. The van der Waals surface area contributed by atoms with Crippen molar-refractivity contribution in [1.82, 2.24) is 15.6 Å². The van der Waals surface area contributed by atoms with Crippen molar-refractivity contribution in [2.75, 3.05) is 13.7 Å². The molecule has 0 aliphatic rings. The van der Waals surface area contributed by atoms with Gasteiger partial charge in [0.2, 0.25) is 0 Å². The standard InChI is InChI=1S/C18H19N3O3/c1-3-9-20-18(23)16-11-14(8-10-19-16)17(22)21-12-13-4-6-15(24-2)7-5-13/h3-8,10-11H,1,9,12H2,2H3,(H,20,23)(H,21,22). The number of carbonyl (C=O) groups excluding carboxylic acids is 2. The number of nitrogens with one attached hydrogen (secondary N) is 2. The maximum atomic E-state index is 12.2. The molecule has 2 aromatic rings. The number of carbonyl (C=O) groups is 2. The predicted octanol–water partition coefficient (Wildman–Crippen LogP) is 1.94. The van der Waals surface area contributed by atoms with Crippen molar-refractivity contribution in [2.45, 2.75) is 6.54 Å². The summed E-state index contributed by atoms with van der Waals surface area (Å²) in [5, 5.41) is 5.43. The Kier molecular flexibility index (Phi) is 6.08. The summed E-state index contributed by atoms with van der Waals surface area (Å²) in [6.45, 7) is 4.25. The molecule has 1 aromatic carbocycles. The van der Waals surface area contributed by atoms with Crippen LogP contribution >= 0.6 is 0 Å². The van der Waals surface area contributed by atoms with Crippen molar-refractivity contribution < 1.29 is 14.3 Å². The van der Waals surface area contributed by atoms with Gasteiger partial charge in [-0.15, -0.1) is 6.58 Å². The van der Waals surface area contributed by atoms with Crippen LogP contribution in [0.3, 0.4) is 0 Å². The molecule has 0 bridgehead atoms. The molecule has 24 heavy (non-hydrogen) atoms. The average Bonchev–Trinajstić information content (AvgIpc) is 2.64. The Labute approximate surface area is 140 Å². The number of pyridine rings is 1. The van der Waals surface area contributed by atoms with Gasteiger partial charge in [0.25, 0.3) is 11.8 Å². The maximum Gasteiger partial charge on any atom is 0.270 e. The number of ether oxygens (including phenoxy) is 1. The molecule has 0 aliphatic heterocycles. The van der Waals surface area contributed by atoms with E-state index in [1.54, 1.807) is 19.3 Å². The van der Waals surface area contributed by atoms with E-state index in [4.69, 9.17) is 4.74 Å². The van der Waals surface area contributed by atoms with E-state index < -0.39 is 0 Å². The van der Waals surface area contributed by atoms with Gasteiger partial charge in [-0.25, -0.2) is 0 Å². The van der Waals surface area contributed by atoms with Crippen LogP contribution in [0.25, 0.3) is 0 Å². The smallest absolute Gasteiger partial charge is 0.270 e. The maximum absolute atomic E-state index is 12.2. The van der Waals surface area contributed by atoms with E-state index in [-0.39, 0.29) is 17.5 Å². The molecular formula is C18H19N3O3. The molecular weight excluding hydrogens is 306 g/mol. The van der Waals surface area contributed by atoms with Gasteiger partial charge in [0.05, 0.1) is 7.11 Å². The highest BCUT2D eigenvalue weighted by Crippen LogP contribution is 2.11. The highest BCUT2D eigenvalue weighted by molar-refractivity contribution is 5.98. The van der Waals surface area contributed by atoms with Crippen molar-refractivity contribution in [1.29, 1.82) is 0 Å². The fourth-order valence-corrected chi connectivity index (χ4v) is 1.98. The van der Waals surface area contributed by atoms with Gasteiger partial charge in [0, 0.05) is 24.8 Å². The fourth-order valence-electron chi connectivity index (χ4n) is 1.98. The Bertz CT molecular complexity index is 727. The summed E-state index contributed by atoms with van der Waals surface area (Å²) < 4.78 is 5.09. The van der Waals surface area contributed by atoms with Crippen LogP contribution in [-0.4, -0.2) is 30.5 Å². The number of aromatic nitrogens is 1. The molecule has 1 heterocycles. The molecule has 124 valence electrons. The average molecular weight is 325 g/mol. The largest absolute Gasteiger partial charge is 0.497 e. The summed E-state index contributed by atoms with van der Waals surface area (Å²) >= 11 is 0. The van der Waals surface area contributed by atoms with Crippen molar-refractivity contribution >= 4 is 11.8 Å².